The summed E-state index contributed by atoms with van der Waals surface area (Å²) < 4.78 is 43.9. The predicted octanol–water partition coefficient (Wildman–Crippen LogP) is 0.473. The van der Waals surface area contributed by atoms with Gasteiger partial charge in [0.25, 0.3) is 0 Å². The van der Waals surface area contributed by atoms with Gasteiger partial charge in [-0.1, -0.05) is 12.2 Å². The molecule has 0 radical (unpaired) electrons. The highest BCUT2D eigenvalue weighted by Gasteiger charge is 2.15. The molecule has 104 valence electrons. The quantitative estimate of drug-likeness (QED) is 0.698. The molecule has 10 heteroatoms. The van der Waals surface area contributed by atoms with Gasteiger partial charge in [0.05, 0.1) is 12.8 Å². The lowest BCUT2D eigenvalue weighted by molar-refractivity contribution is 0.177. The molecule has 7 nitrogen and oxygen atoms in total. The smallest absolute Gasteiger partial charge is 0.422 e. The number of benzene rings is 1. The maximum atomic E-state index is 13.3. The molecule has 0 atom stereocenters. The lowest BCUT2D eigenvalue weighted by Gasteiger charge is -2.10. The van der Waals surface area contributed by atoms with Gasteiger partial charge >= 0.3 is 16.3 Å². The number of methoxy groups -OCH3 is 1. The van der Waals surface area contributed by atoms with Crippen molar-refractivity contribution in [1.29, 1.82) is 0 Å². The summed E-state index contributed by atoms with van der Waals surface area (Å²) in [6.45, 7) is 0. The fourth-order valence-electron chi connectivity index (χ4n) is 1.11. The Bertz CT molecular complexity index is 618. The van der Waals surface area contributed by atoms with Crippen molar-refractivity contribution >= 4 is 39.2 Å². The Morgan fingerprint density at radius 2 is 2.11 bits per heavy atom. The van der Waals surface area contributed by atoms with E-state index < -0.39 is 22.1 Å². The van der Waals surface area contributed by atoms with Crippen molar-refractivity contribution in [3.63, 3.8) is 0 Å². The first kappa shape index (κ1) is 15.1. The summed E-state index contributed by atoms with van der Waals surface area (Å²) in [6.07, 6.45) is -1.16. The van der Waals surface area contributed by atoms with E-state index in [1.54, 1.807) is 4.72 Å². The maximum absolute atomic E-state index is 13.3. The second-order valence-corrected chi connectivity index (χ2v) is 5.11. The Kier molecular flexibility index (Phi) is 4.62. The lowest BCUT2D eigenvalue weighted by atomic mass is 10.2. The van der Waals surface area contributed by atoms with Crippen molar-refractivity contribution in [3.05, 3.63) is 29.6 Å². The number of nitrogens with one attached hydrogen (secondary N) is 2. The van der Waals surface area contributed by atoms with Crippen LogP contribution in [0.5, 0.6) is 0 Å². The molecule has 0 heterocycles. The van der Waals surface area contributed by atoms with Crippen molar-refractivity contribution in [2.24, 2.45) is 5.73 Å². The summed E-state index contributed by atoms with van der Waals surface area (Å²) in [4.78, 5) is 10.6. The molecule has 19 heavy (non-hydrogen) atoms. The Morgan fingerprint density at radius 3 is 2.63 bits per heavy atom. The van der Waals surface area contributed by atoms with Crippen LogP contribution in [0.4, 0.5) is 14.9 Å². The van der Waals surface area contributed by atoms with E-state index in [-0.39, 0.29) is 16.2 Å². The zero-order valence-corrected chi connectivity index (χ0v) is 11.3. The van der Waals surface area contributed by atoms with Crippen LogP contribution in [-0.2, 0) is 14.9 Å². The lowest BCUT2D eigenvalue weighted by Crippen LogP contribution is -2.35. The molecule has 1 amide bonds. The predicted molar refractivity (Wildman–Crippen MR) is 70.4 cm³/mol. The summed E-state index contributed by atoms with van der Waals surface area (Å²) in [5.74, 6) is -0.684. The van der Waals surface area contributed by atoms with Gasteiger partial charge in [0, 0.05) is 5.56 Å². The molecule has 0 aliphatic carbocycles. The Balaban J connectivity index is 2.97. The number of thiocarbonyl (C=S) groups is 1. The van der Waals surface area contributed by atoms with Crippen LogP contribution in [-0.4, -0.2) is 26.6 Å². The first-order valence-electron chi connectivity index (χ1n) is 4.73. The number of hydrogen-bond acceptors (Lipinski definition) is 5. The van der Waals surface area contributed by atoms with Gasteiger partial charge in [0.15, 0.2) is 0 Å². The molecular formula is C9H10FN3O4S2. The molecule has 0 saturated carbocycles. The largest absolute Gasteiger partial charge is 0.452 e. The molecule has 0 bridgehead atoms. The zero-order chi connectivity index (χ0) is 14.6. The topological polar surface area (TPSA) is 111 Å². The van der Waals surface area contributed by atoms with Crippen LogP contribution in [0.3, 0.4) is 0 Å². The van der Waals surface area contributed by atoms with Crippen LogP contribution in [0, 0.1) is 5.82 Å². The minimum atomic E-state index is -4.18. The second-order valence-electron chi connectivity index (χ2n) is 3.26. The number of amides is 1. The minimum Gasteiger partial charge on any atom is -0.452 e. The maximum Gasteiger partial charge on any atom is 0.422 e. The highest BCUT2D eigenvalue weighted by Crippen LogP contribution is 2.15. The molecule has 1 aromatic rings. The summed E-state index contributed by atoms with van der Waals surface area (Å²) in [5, 5.41) is 0. The molecule has 4 N–H and O–H groups in total. The van der Waals surface area contributed by atoms with E-state index in [9.17, 15) is 17.6 Å². The first-order valence-corrected chi connectivity index (χ1v) is 6.62. The van der Waals surface area contributed by atoms with Crippen molar-refractivity contribution in [3.8, 4) is 0 Å². The Labute approximate surface area is 114 Å². The van der Waals surface area contributed by atoms with E-state index >= 15 is 0 Å². The highest BCUT2D eigenvalue weighted by atomic mass is 32.2. The van der Waals surface area contributed by atoms with Gasteiger partial charge in [-0.3, -0.25) is 4.72 Å². The monoisotopic (exact) mass is 307 g/mol. The third-order valence-corrected chi connectivity index (χ3v) is 3.05. The number of anilines is 1. The van der Waals surface area contributed by atoms with Crippen molar-refractivity contribution in [1.82, 2.24) is 4.72 Å². The third kappa shape index (κ3) is 4.34. The number of ether oxygens (including phenoxy) is 1. The zero-order valence-electron chi connectivity index (χ0n) is 9.64. The number of carbonyl (C=O) groups is 1. The van der Waals surface area contributed by atoms with Crippen LogP contribution in [0.2, 0.25) is 0 Å². The van der Waals surface area contributed by atoms with Gasteiger partial charge in [0.2, 0.25) is 0 Å². The minimum absolute atomic E-state index is 0.0133. The second kappa shape index (κ2) is 5.80. The van der Waals surface area contributed by atoms with Gasteiger partial charge in [-0.05, 0) is 18.2 Å². The molecule has 1 rings (SSSR count). The Hall–Kier alpha value is -1.94. The summed E-state index contributed by atoms with van der Waals surface area (Å²) >= 11 is 4.61. The van der Waals surface area contributed by atoms with Gasteiger partial charge in [-0.15, -0.1) is 0 Å². The molecule has 0 saturated heterocycles. The molecule has 0 aromatic heterocycles. The van der Waals surface area contributed by atoms with E-state index in [1.165, 1.54) is 0 Å². The van der Waals surface area contributed by atoms with Gasteiger partial charge in [-0.25, -0.2) is 13.9 Å². The molecule has 1 aromatic carbocycles. The van der Waals surface area contributed by atoms with Crippen LogP contribution in [0.15, 0.2) is 18.2 Å². The van der Waals surface area contributed by atoms with Crippen molar-refractivity contribution in [2.75, 3.05) is 11.8 Å². The average Bonchev–Trinajstić information content (AvgIpc) is 2.30. The normalized spacial score (nSPS) is 10.6. The van der Waals surface area contributed by atoms with Crippen LogP contribution in [0.25, 0.3) is 0 Å². The van der Waals surface area contributed by atoms with Crippen molar-refractivity contribution < 1.29 is 22.3 Å². The molecule has 0 aliphatic heterocycles. The standard InChI is InChI=1S/C9H10FN3O4S2/c1-17-9(14)13-19(15,16)12-5-2-3-7(10)6(4-5)8(11)18/h2-4,12H,1H3,(H2,11,18)(H,13,14). The highest BCUT2D eigenvalue weighted by molar-refractivity contribution is 7.91. The molecule has 0 unspecified atom stereocenters. The molecule has 0 fully saturated rings. The fraction of sp³-hybridized carbons (Fsp3) is 0.111. The summed E-state index contributed by atoms with van der Waals surface area (Å²) in [7, 11) is -3.17. The third-order valence-electron chi connectivity index (χ3n) is 1.89. The van der Waals surface area contributed by atoms with Crippen LogP contribution in [0.1, 0.15) is 5.56 Å². The summed E-state index contributed by atoms with van der Waals surface area (Å²) in [6, 6.07) is 3.24. The molecule has 0 spiro atoms. The first-order chi connectivity index (χ1) is 8.75. The van der Waals surface area contributed by atoms with E-state index in [0.717, 1.165) is 25.3 Å². The number of carbonyl (C=O) groups excluding carboxylic acids is 1. The molecule has 0 aliphatic rings. The van der Waals surface area contributed by atoms with Gasteiger partial charge in [0.1, 0.15) is 10.8 Å². The van der Waals surface area contributed by atoms with Crippen LogP contribution >= 0.6 is 12.2 Å². The number of hydrogen-bond donors (Lipinski definition) is 3. The molecular weight excluding hydrogens is 297 g/mol. The van der Waals surface area contributed by atoms with Crippen molar-refractivity contribution in [2.45, 2.75) is 0 Å². The summed E-state index contributed by atoms with van der Waals surface area (Å²) in [5.41, 5.74) is 5.14. The van der Waals surface area contributed by atoms with Gasteiger partial charge < -0.3 is 10.5 Å². The van der Waals surface area contributed by atoms with E-state index in [1.807, 2.05) is 4.72 Å². The Morgan fingerprint density at radius 1 is 1.47 bits per heavy atom. The van der Waals surface area contributed by atoms with E-state index in [4.69, 9.17) is 5.73 Å². The fourth-order valence-corrected chi connectivity index (χ4v) is 2.06. The number of rotatable bonds is 4. The SMILES string of the molecule is COC(=O)NS(=O)(=O)Nc1ccc(F)c(C(N)=S)c1. The number of nitrogens with two attached hydrogens (primary N) is 1. The van der Waals surface area contributed by atoms with E-state index in [2.05, 4.69) is 17.0 Å². The average molecular weight is 307 g/mol. The van der Waals surface area contributed by atoms with E-state index in [0.29, 0.717) is 0 Å². The van der Waals surface area contributed by atoms with Crippen LogP contribution < -0.4 is 15.2 Å². The van der Waals surface area contributed by atoms with Gasteiger partial charge in [-0.2, -0.15) is 8.42 Å². The number of halogens is 1.